The Morgan fingerprint density at radius 3 is 2.80 bits per heavy atom. The highest BCUT2D eigenvalue weighted by Crippen LogP contribution is 2.30. The van der Waals surface area contributed by atoms with E-state index in [2.05, 4.69) is 26.7 Å². The monoisotopic (exact) mass is 275 g/mol. The lowest BCUT2D eigenvalue weighted by Crippen LogP contribution is -3.11. The zero-order valence-corrected chi connectivity index (χ0v) is 12.0. The summed E-state index contributed by atoms with van der Waals surface area (Å²) in [6.07, 6.45) is 3.38. The minimum atomic E-state index is -0.0583. The van der Waals surface area contributed by atoms with Gasteiger partial charge in [-0.3, -0.25) is 0 Å². The second-order valence-corrected chi connectivity index (χ2v) is 5.63. The van der Waals surface area contributed by atoms with E-state index >= 15 is 0 Å². The first-order chi connectivity index (χ1) is 9.63. The van der Waals surface area contributed by atoms with E-state index in [0.717, 1.165) is 30.8 Å². The van der Waals surface area contributed by atoms with Crippen LogP contribution >= 0.6 is 0 Å². The molecule has 0 aromatic heterocycles. The van der Waals surface area contributed by atoms with Crippen LogP contribution in [0.15, 0.2) is 17.1 Å². The first-order valence-electron chi connectivity index (χ1n) is 7.07. The van der Waals surface area contributed by atoms with Crippen molar-refractivity contribution in [2.24, 2.45) is 4.99 Å². The van der Waals surface area contributed by atoms with Gasteiger partial charge in [0, 0.05) is 12.6 Å². The van der Waals surface area contributed by atoms with E-state index in [1.807, 2.05) is 20.2 Å². The number of benzene rings is 1. The van der Waals surface area contributed by atoms with Gasteiger partial charge in [0.1, 0.15) is 5.69 Å². The molecule has 3 N–H and O–H groups in total. The number of nitrogens with one attached hydrogen (secondary N) is 3. The molecule has 0 spiro atoms. The average molecular weight is 275 g/mol. The van der Waals surface area contributed by atoms with Gasteiger partial charge in [0.25, 0.3) is 0 Å². The van der Waals surface area contributed by atoms with E-state index < -0.39 is 0 Å². The van der Waals surface area contributed by atoms with E-state index in [4.69, 9.17) is 0 Å². The Hall–Kier alpha value is -1.63. The second kappa shape index (κ2) is 5.40. The number of fused-ring (bicyclic) bond motifs is 2. The lowest BCUT2D eigenvalue weighted by Gasteiger charge is -2.31. The summed E-state index contributed by atoms with van der Waals surface area (Å²) >= 11 is 0. The summed E-state index contributed by atoms with van der Waals surface area (Å²) in [4.78, 5) is 6.46. The van der Waals surface area contributed by atoms with Gasteiger partial charge in [-0.1, -0.05) is 0 Å². The fourth-order valence-corrected chi connectivity index (χ4v) is 2.69. The van der Waals surface area contributed by atoms with Gasteiger partial charge in [-0.2, -0.15) is 5.43 Å². The molecule has 0 saturated heterocycles. The summed E-state index contributed by atoms with van der Waals surface area (Å²) in [5, 5.41) is 15.3. The largest absolute Gasteiger partial charge is 0.603 e. The summed E-state index contributed by atoms with van der Waals surface area (Å²) in [6, 6.07) is 4.13. The van der Waals surface area contributed by atoms with Crippen LogP contribution in [0.1, 0.15) is 17.5 Å². The number of hydrogen-bond acceptors (Lipinski definition) is 3. The molecule has 0 fully saturated rings. The molecule has 1 aromatic rings. The van der Waals surface area contributed by atoms with Crippen molar-refractivity contribution in [2.75, 3.05) is 32.5 Å². The molecule has 6 heteroatoms. The van der Waals surface area contributed by atoms with Gasteiger partial charge in [-0.05, 0) is 50.6 Å². The SMILES string of the molecule is CN(C)CCN=C1Nc2cc3c(cc2[NH+]([O-])N1)CCC3. The van der Waals surface area contributed by atoms with Crippen LogP contribution in [-0.4, -0.2) is 38.0 Å². The zero-order valence-electron chi connectivity index (χ0n) is 12.0. The Labute approximate surface area is 119 Å². The van der Waals surface area contributed by atoms with E-state index in [0.29, 0.717) is 12.5 Å². The van der Waals surface area contributed by atoms with Crippen molar-refractivity contribution in [3.05, 3.63) is 28.5 Å². The van der Waals surface area contributed by atoms with Gasteiger partial charge in [0.15, 0.2) is 5.69 Å². The predicted molar refractivity (Wildman–Crippen MR) is 80.1 cm³/mol. The molecule has 20 heavy (non-hydrogen) atoms. The maximum Gasteiger partial charge on any atom is 0.243 e. The molecule has 6 nitrogen and oxygen atoms in total. The molecule has 1 aromatic carbocycles. The smallest absolute Gasteiger partial charge is 0.243 e. The molecular weight excluding hydrogens is 254 g/mol. The third-order valence-corrected chi connectivity index (χ3v) is 3.78. The first kappa shape index (κ1) is 13.4. The van der Waals surface area contributed by atoms with Crippen molar-refractivity contribution in [2.45, 2.75) is 19.3 Å². The Morgan fingerprint density at radius 1 is 1.30 bits per heavy atom. The fraction of sp³-hybridized carbons (Fsp3) is 0.500. The number of aliphatic imine (C=N–C) groups is 1. The Balaban J connectivity index is 1.80. The highest BCUT2D eigenvalue weighted by molar-refractivity contribution is 5.96. The molecule has 1 aliphatic heterocycles. The minimum Gasteiger partial charge on any atom is -0.603 e. The Morgan fingerprint density at radius 2 is 2.05 bits per heavy atom. The molecule has 1 atom stereocenters. The number of hydrogen-bond donors (Lipinski definition) is 3. The van der Waals surface area contributed by atoms with Crippen molar-refractivity contribution >= 4 is 17.3 Å². The minimum absolute atomic E-state index is 0.0583. The molecule has 1 unspecified atom stereocenters. The maximum atomic E-state index is 12.2. The number of nitrogens with zero attached hydrogens (tertiary/aromatic N) is 2. The third kappa shape index (κ3) is 2.63. The van der Waals surface area contributed by atoms with Crippen LogP contribution in [0.3, 0.4) is 0 Å². The molecule has 3 rings (SSSR count). The van der Waals surface area contributed by atoms with Gasteiger partial charge in [-0.15, -0.1) is 0 Å². The van der Waals surface area contributed by atoms with Crippen LogP contribution in [-0.2, 0) is 12.8 Å². The quantitative estimate of drug-likeness (QED) is 0.681. The summed E-state index contributed by atoms with van der Waals surface area (Å²) in [5.74, 6) is 0.558. The number of quaternary nitrogens is 1. The number of rotatable bonds is 3. The molecule has 1 heterocycles. The van der Waals surface area contributed by atoms with Crippen LogP contribution in [0.5, 0.6) is 0 Å². The highest BCUT2D eigenvalue weighted by Gasteiger charge is 2.23. The standard InChI is InChI=1S/C14H21N5O/c1-18(2)7-6-15-14-16-12-8-10-4-3-5-11(10)9-13(12)19(20)17-14/h8-9,19H,3-7H2,1-2H3,(H2,15,16,17). The predicted octanol–water partition coefficient (Wildman–Crippen LogP) is 0.0372. The lowest BCUT2D eigenvalue weighted by molar-refractivity contribution is -0.816. The molecule has 1 aliphatic carbocycles. The van der Waals surface area contributed by atoms with Crippen molar-refractivity contribution < 1.29 is 5.17 Å². The summed E-state index contributed by atoms with van der Waals surface area (Å²) in [5.41, 5.74) is 7.11. The number of likely N-dealkylation sites (N-methyl/N-ethyl adjacent to an activating group) is 1. The third-order valence-electron chi connectivity index (χ3n) is 3.78. The summed E-state index contributed by atoms with van der Waals surface area (Å²) in [6.45, 7) is 1.52. The molecule has 0 amide bonds. The molecule has 108 valence electrons. The van der Waals surface area contributed by atoms with E-state index in [1.165, 1.54) is 17.5 Å². The van der Waals surface area contributed by atoms with Crippen LogP contribution in [0.2, 0.25) is 0 Å². The normalized spacial score (nSPS) is 22.4. The van der Waals surface area contributed by atoms with Crippen LogP contribution in [0.25, 0.3) is 0 Å². The molecule has 0 bridgehead atoms. The average Bonchev–Trinajstić information content (AvgIpc) is 2.83. The molecular formula is C14H21N5O. The van der Waals surface area contributed by atoms with Gasteiger partial charge in [-0.25, -0.2) is 10.2 Å². The van der Waals surface area contributed by atoms with Crippen LogP contribution in [0.4, 0.5) is 11.4 Å². The highest BCUT2D eigenvalue weighted by atomic mass is 16.5. The van der Waals surface area contributed by atoms with Crippen molar-refractivity contribution in [3.63, 3.8) is 0 Å². The van der Waals surface area contributed by atoms with Gasteiger partial charge < -0.3 is 15.4 Å². The first-order valence-corrected chi connectivity index (χ1v) is 7.07. The van der Waals surface area contributed by atoms with Gasteiger partial charge in [0.05, 0.1) is 6.54 Å². The van der Waals surface area contributed by atoms with Gasteiger partial charge >= 0.3 is 0 Å². The second-order valence-electron chi connectivity index (χ2n) is 5.63. The van der Waals surface area contributed by atoms with E-state index in [9.17, 15) is 5.21 Å². The van der Waals surface area contributed by atoms with E-state index in [1.54, 1.807) is 0 Å². The zero-order chi connectivity index (χ0) is 14.1. The van der Waals surface area contributed by atoms with Crippen LogP contribution in [0, 0.1) is 5.21 Å². The Kier molecular flexibility index (Phi) is 3.60. The number of anilines is 1. The van der Waals surface area contributed by atoms with Crippen LogP contribution < -0.4 is 15.9 Å². The van der Waals surface area contributed by atoms with Crippen molar-refractivity contribution in [1.29, 1.82) is 0 Å². The molecule has 2 aliphatic rings. The number of guanidine groups is 1. The van der Waals surface area contributed by atoms with Crippen molar-refractivity contribution in [3.8, 4) is 0 Å². The van der Waals surface area contributed by atoms with Gasteiger partial charge in [0.2, 0.25) is 5.96 Å². The molecule has 0 radical (unpaired) electrons. The summed E-state index contributed by atoms with van der Waals surface area (Å²) < 4.78 is 0. The molecule has 0 saturated carbocycles. The fourth-order valence-electron chi connectivity index (χ4n) is 2.69. The topological polar surface area (TPSA) is 67.2 Å². The Bertz CT molecular complexity index is 541. The summed E-state index contributed by atoms with van der Waals surface area (Å²) in [7, 11) is 4.01. The van der Waals surface area contributed by atoms with E-state index in [-0.39, 0.29) is 5.17 Å². The number of aryl methyl sites for hydroxylation is 2. The van der Waals surface area contributed by atoms with Crippen molar-refractivity contribution in [1.82, 2.24) is 10.3 Å². The lowest BCUT2D eigenvalue weighted by atomic mass is 10.1. The maximum absolute atomic E-state index is 12.2.